The van der Waals surface area contributed by atoms with E-state index in [1.165, 1.54) is 44.1 Å². The Morgan fingerprint density at radius 2 is 1.66 bits per heavy atom. The molecule has 2 aliphatic heterocycles. The molecule has 1 atom stereocenters. The summed E-state index contributed by atoms with van der Waals surface area (Å²) in [5.74, 6) is 4.94. The lowest BCUT2D eigenvalue weighted by Crippen LogP contribution is -2.50. The lowest BCUT2D eigenvalue weighted by Gasteiger charge is -2.57. The average molecular weight is 519 g/mol. The van der Waals surface area contributed by atoms with Gasteiger partial charge in [0.25, 0.3) is 0 Å². The van der Waals surface area contributed by atoms with Crippen molar-refractivity contribution in [3.8, 4) is 0 Å². The molecule has 4 saturated carbocycles. The van der Waals surface area contributed by atoms with Crippen LogP contribution in [0.1, 0.15) is 83.3 Å². The predicted molar refractivity (Wildman–Crippen MR) is 154 cm³/mol. The number of hydrogen-bond acceptors (Lipinski definition) is 7. The molecule has 0 aromatic heterocycles. The zero-order chi connectivity index (χ0) is 26.7. The Balaban J connectivity index is 1.32. The van der Waals surface area contributed by atoms with Gasteiger partial charge >= 0.3 is 0 Å². The van der Waals surface area contributed by atoms with Crippen molar-refractivity contribution in [2.45, 2.75) is 83.8 Å². The fourth-order valence-corrected chi connectivity index (χ4v) is 8.13. The number of aliphatic hydroxyl groups excluding tert-OH is 1. The highest BCUT2D eigenvalue weighted by atomic mass is 16.3. The molecular weight excluding hydrogens is 472 g/mol. The molecule has 1 unspecified atom stereocenters. The summed E-state index contributed by atoms with van der Waals surface area (Å²) in [4.78, 5) is 12.3. The van der Waals surface area contributed by atoms with Gasteiger partial charge in [0, 0.05) is 17.7 Å². The van der Waals surface area contributed by atoms with Gasteiger partial charge in [-0.2, -0.15) is 10.4 Å². The van der Waals surface area contributed by atoms with Gasteiger partial charge in [-0.1, -0.05) is 45.0 Å². The SMILES string of the molecule is CN(C)CCCNC1=NC(c2ccc(C(C)(C)C)cc2)=NC2=C(CC34CC5CC(CC(C5)C3)C4)C(O)NN12. The smallest absolute Gasteiger partial charge is 0.221 e. The largest absolute Gasteiger partial charge is 0.373 e. The van der Waals surface area contributed by atoms with Crippen LogP contribution in [0.4, 0.5) is 0 Å². The molecule has 3 N–H and O–H groups in total. The number of benzene rings is 1. The number of nitrogens with zero attached hydrogens (tertiary/aromatic N) is 4. The highest BCUT2D eigenvalue weighted by Gasteiger charge is 2.52. The lowest BCUT2D eigenvalue weighted by atomic mass is 9.48. The van der Waals surface area contributed by atoms with Gasteiger partial charge in [0.05, 0.1) is 0 Å². The molecule has 7 nitrogen and oxygen atoms in total. The number of nitrogens with one attached hydrogen (secondary N) is 2. The molecular formula is C31H46N6O. The Morgan fingerprint density at radius 1 is 1.03 bits per heavy atom. The van der Waals surface area contributed by atoms with Crippen LogP contribution >= 0.6 is 0 Å². The van der Waals surface area contributed by atoms with Gasteiger partial charge in [0.15, 0.2) is 11.7 Å². The number of aliphatic hydroxyl groups is 1. The molecule has 0 spiro atoms. The normalized spacial score (nSPS) is 32.1. The van der Waals surface area contributed by atoms with Crippen LogP contribution in [0.3, 0.4) is 0 Å². The van der Waals surface area contributed by atoms with Crippen molar-refractivity contribution in [2.75, 3.05) is 27.2 Å². The van der Waals surface area contributed by atoms with Gasteiger partial charge in [0.1, 0.15) is 6.23 Å². The van der Waals surface area contributed by atoms with Gasteiger partial charge in [0.2, 0.25) is 5.96 Å². The molecule has 2 heterocycles. The standard InChI is InChI=1S/C31H46N6O/c1-30(2,3)24-9-7-23(8-10-24)26-33-27-25(19-31-16-20-13-21(17-31)15-22(14-20)18-31)28(38)35-37(27)29(34-26)32-11-6-12-36(4)5/h7-10,20-22,28,35,38H,6,11-19H2,1-5H3,(H,32,33,34). The molecule has 0 saturated heterocycles. The minimum atomic E-state index is -0.724. The van der Waals surface area contributed by atoms with E-state index in [4.69, 9.17) is 9.98 Å². The second kappa shape index (κ2) is 9.76. The quantitative estimate of drug-likeness (QED) is 0.460. The maximum atomic E-state index is 11.3. The molecule has 0 amide bonds. The fraction of sp³-hybridized carbons (Fsp3) is 0.677. The summed E-state index contributed by atoms with van der Waals surface area (Å²) < 4.78 is 0. The lowest BCUT2D eigenvalue weighted by molar-refractivity contribution is -0.0546. The third-order valence-corrected chi connectivity index (χ3v) is 9.52. The number of amidine groups is 1. The second-order valence-electron chi connectivity index (χ2n) is 14.1. The first-order valence-electron chi connectivity index (χ1n) is 14.7. The first-order chi connectivity index (χ1) is 18.1. The first kappa shape index (κ1) is 26.0. The van der Waals surface area contributed by atoms with Crippen LogP contribution in [-0.4, -0.2) is 60.2 Å². The number of rotatable bonds is 7. The van der Waals surface area contributed by atoms with Crippen molar-refractivity contribution in [3.05, 3.63) is 46.8 Å². The molecule has 4 bridgehead atoms. The molecule has 6 aliphatic rings. The summed E-state index contributed by atoms with van der Waals surface area (Å²) in [5.41, 5.74) is 7.06. The van der Waals surface area contributed by atoms with Crippen molar-refractivity contribution in [1.29, 1.82) is 0 Å². The van der Waals surface area contributed by atoms with Crippen molar-refractivity contribution < 1.29 is 5.11 Å². The van der Waals surface area contributed by atoms with E-state index in [1.807, 2.05) is 5.01 Å². The Hall–Kier alpha value is -2.22. The van der Waals surface area contributed by atoms with Gasteiger partial charge in [-0.15, -0.1) is 0 Å². The van der Waals surface area contributed by atoms with Crippen LogP contribution in [0.15, 0.2) is 45.6 Å². The molecule has 1 aromatic carbocycles. The van der Waals surface area contributed by atoms with Crippen LogP contribution in [0.2, 0.25) is 0 Å². The number of hydrazine groups is 1. The van der Waals surface area contributed by atoms with E-state index in [1.54, 1.807) is 0 Å². The molecule has 1 aromatic rings. The summed E-state index contributed by atoms with van der Waals surface area (Å²) in [6.45, 7) is 8.52. The Kier molecular flexibility index (Phi) is 6.68. The van der Waals surface area contributed by atoms with Gasteiger partial charge in [-0.05, 0) is 106 Å². The number of aliphatic imine (C=N–C) groups is 2. The van der Waals surface area contributed by atoms with E-state index in [0.29, 0.717) is 11.3 Å². The zero-order valence-corrected chi connectivity index (χ0v) is 23.9. The Labute approximate surface area is 228 Å². The van der Waals surface area contributed by atoms with E-state index in [9.17, 15) is 5.11 Å². The summed E-state index contributed by atoms with van der Waals surface area (Å²) in [5, 5.41) is 16.7. The summed E-state index contributed by atoms with van der Waals surface area (Å²) in [6.07, 6.45) is 9.46. The maximum absolute atomic E-state index is 11.3. The molecule has 7 rings (SSSR count). The molecule has 7 heteroatoms. The monoisotopic (exact) mass is 518 g/mol. The van der Waals surface area contributed by atoms with Crippen LogP contribution in [-0.2, 0) is 5.41 Å². The van der Waals surface area contributed by atoms with Crippen LogP contribution in [0.25, 0.3) is 0 Å². The van der Waals surface area contributed by atoms with Crippen LogP contribution < -0.4 is 10.7 Å². The topological polar surface area (TPSA) is 75.5 Å². The average Bonchev–Trinajstić information content (AvgIpc) is 3.15. The summed E-state index contributed by atoms with van der Waals surface area (Å²) >= 11 is 0. The first-order valence-corrected chi connectivity index (χ1v) is 14.7. The van der Waals surface area contributed by atoms with Crippen LogP contribution in [0.5, 0.6) is 0 Å². The zero-order valence-electron chi connectivity index (χ0n) is 23.9. The Morgan fingerprint density at radius 3 is 2.24 bits per heavy atom. The minimum Gasteiger partial charge on any atom is -0.373 e. The van der Waals surface area contributed by atoms with E-state index in [0.717, 1.165) is 66.6 Å². The second-order valence-corrected chi connectivity index (χ2v) is 14.1. The summed E-state index contributed by atoms with van der Waals surface area (Å²) in [6, 6.07) is 8.66. The van der Waals surface area contributed by atoms with E-state index >= 15 is 0 Å². The molecule has 0 radical (unpaired) electrons. The van der Waals surface area contributed by atoms with Crippen LogP contribution in [0, 0.1) is 23.2 Å². The maximum Gasteiger partial charge on any atom is 0.221 e. The highest BCUT2D eigenvalue weighted by Crippen LogP contribution is 2.62. The van der Waals surface area contributed by atoms with Gasteiger partial charge < -0.3 is 15.3 Å². The Bertz CT molecular complexity index is 1110. The summed E-state index contributed by atoms with van der Waals surface area (Å²) in [7, 11) is 4.19. The van der Waals surface area contributed by atoms with Crippen molar-refractivity contribution in [3.63, 3.8) is 0 Å². The predicted octanol–water partition coefficient (Wildman–Crippen LogP) is 4.60. The van der Waals surface area contributed by atoms with Crippen molar-refractivity contribution >= 4 is 11.8 Å². The van der Waals surface area contributed by atoms with E-state index in [2.05, 4.69) is 74.8 Å². The van der Waals surface area contributed by atoms with E-state index in [-0.39, 0.29) is 5.41 Å². The molecule has 4 fully saturated rings. The fourth-order valence-electron chi connectivity index (χ4n) is 8.13. The number of fused-ring (bicyclic) bond motifs is 1. The molecule has 38 heavy (non-hydrogen) atoms. The van der Waals surface area contributed by atoms with E-state index < -0.39 is 6.23 Å². The minimum absolute atomic E-state index is 0.0964. The number of guanidine groups is 1. The third kappa shape index (κ3) is 5.05. The third-order valence-electron chi connectivity index (χ3n) is 9.52. The van der Waals surface area contributed by atoms with Crippen molar-refractivity contribution in [2.24, 2.45) is 33.2 Å². The molecule has 206 valence electrons. The molecule has 4 aliphatic carbocycles. The van der Waals surface area contributed by atoms with Gasteiger partial charge in [-0.25, -0.2) is 10.0 Å². The van der Waals surface area contributed by atoms with Gasteiger partial charge in [-0.3, -0.25) is 0 Å². The number of hydrogen-bond donors (Lipinski definition) is 3. The highest BCUT2D eigenvalue weighted by molar-refractivity contribution is 6.08. The van der Waals surface area contributed by atoms with Crippen molar-refractivity contribution in [1.82, 2.24) is 20.7 Å².